The third-order valence-electron chi connectivity index (χ3n) is 4.69. The molecule has 2 amide bonds. The van der Waals surface area contributed by atoms with Gasteiger partial charge in [-0.05, 0) is 53.6 Å². The largest absolute Gasteiger partial charge is 0.481 e. The van der Waals surface area contributed by atoms with E-state index in [2.05, 4.69) is 10.6 Å². The van der Waals surface area contributed by atoms with Crippen LogP contribution in [0.3, 0.4) is 0 Å². The number of carbonyl (C=O) groups is 2. The third-order valence-corrected chi connectivity index (χ3v) is 4.69. The van der Waals surface area contributed by atoms with Crippen LogP contribution in [0.2, 0.25) is 0 Å². The van der Waals surface area contributed by atoms with E-state index in [9.17, 15) is 14.7 Å². The molecule has 0 bridgehead atoms. The zero-order chi connectivity index (χ0) is 15.6. The number of hydrogen-bond acceptors (Lipinski definition) is 3. The lowest BCUT2D eigenvalue weighted by Gasteiger charge is -2.41. The van der Waals surface area contributed by atoms with Crippen LogP contribution in [0.1, 0.15) is 40.5 Å². The van der Waals surface area contributed by atoms with Crippen LogP contribution in [0.4, 0.5) is 4.79 Å². The second-order valence-electron chi connectivity index (χ2n) is 6.58. The Morgan fingerprint density at radius 2 is 1.70 bits per heavy atom. The first-order chi connectivity index (χ1) is 9.09. The van der Waals surface area contributed by atoms with Gasteiger partial charge in [0.05, 0.1) is 11.0 Å². The van der Waals surface area contributed by atoms with Crippen LogP contribution in [-0.4, -0.2) is 53.7 Å². The van der Waals surface area contributed by atoms with E-state index in [4.69, 9.17) is 0 Å². The average molecular weight is 285 g/mol. The number of piperidine rings is 1. The number of aliphatic carboxylic acids is 1. The van der Waals surface area contributed by atoms with Crippen LogP contribution in [0, 0.1) is 5.41 Å². The fraction of sp³-hybridized carbons (Fsp3) is 0.857. The number of carboxylic acid groups (broad SMARTS) is 1. The van der Waals surface area contributed by atoms with Crippen molar-refractivity contribution in [2.45, 2.75) is 52.1 Å². The Morgan fingerprint density at radius 1 is 1.20 bits per heavy atom. The van der Waals surface area contributed by atoms with Crippen LogP contribution >= 0.6 is 0 Å². The fourth-order valence-corrected chi connectivity index (χ4v) is 2.14. The van der Waals surface area contributed by atoms with E-state index < -0.39 is 16.9 Å². The number of carboxylic acids is 1. The molecule has 0 atom stereocenters. The molecular formula is C14H27N3O3. The highest BCUT2D eigenvalue weighted by Crippen LogP contribution is 2.31. The Balaban J connectivity index is 2.71. The van der Waals surface area contributed by atoms with Gasteiger partial charge >= 0.3 is 12.0 Å². The number of carbonyl (C=O) groups excluding carboxylic acids is 1. The fourth-order valence-electron chi connectivity index (χ4n) is 2.14. The molecule has 6 nitrogen and oxygen atoms in total. The maximum absolute atomic E-state index is 12.3. The van der Waals surface area contributed by atoms with Crippen molar-refractivity contribution in [1.82, 2.24) is 15.5 Å². The summed E-state index contributed by atoms with van der Waals surface area (Å²) in [6.07, 6.45) is 1.85. The van der Waals surface area contributed by atoms with Gasteiger partial charge in [-0.25, -0.2) is 4.79 Å². The molecule has 0 radical (unpaired) electrons. The maximum atomic E-state index is 12.3. The monoisotopic (exact) mass is 285 g/mol. The molecule has 6 heteroatoms. The van der Waals surface area contributed by atoms with E-state index in [1.807, 2.05) is 0 Å². The number of nitrogens with one attached hydrogen (secondary N) is 2. The van der Waals surface area contributed by atoms with Crippen LogP contribution < -0.4 is 10.6 Å². The van der Waals surface area contributed by atoms with Crippen molar-refractivity contribution in [3.63, 3.8) is 0 Å². The van der Waals surface area contributed by atoms with Gasteiger partial charge < -0.3 is 20.6 Å². The van der Waals surface area contributed by atoms with Gasteiger partial charge in [0.15, 0.2) is 0 Å². The van der Waals surface area contributed by atoms with Crippen LogP contribution in [0.15, 0.2) is 0 Å². The first-order valence-electron chi connectivity index (χ1n) is 7.08. The zero-order valence-electron chi connectivity index (χ0n) is 13.1. The number of rotatable bonds is 4. The minimum Gasteiger partial charge on any atom is -0.481 e. The predicted octanol–water partition coefficient (Wildman–Crippen LogP) is 1.27. The SMILES string of the molecule is CN(C(=O)NC(C)(C)C(C)(C)C(=O)O)C1CCNCC1. The molecule has 1 aliphatic rings. The van der Waals surface area contributed by atoms with E-state index in [0.29, 0.717) is 0 Å². The number of amides is 2. The van der Waals surface area contributed by atoms with Crippen molar-refractivity contribution in [2.24, 2.45) is 5.41 Å². The highest BCUT2D eigenvalue weighted by atomic mass is 16.4. The van der Waals surface area contributed by atoms with Crippen molar-refractivity contribution in [2.75, 3.05) is 20.1 Å². The zero-order valence-corrected chi connectivity index (χ0v) is 13.1. The molecule has 0 spiro atoms. The van der Waals surface area contributed by atoms with Gasteiger partial charge in [-0.2, -0.15) is 0 Å². The summed E-state index contributed by atoms with van der Waals surface area (Å²) in [5, 5.41) is 15.4. The summed E-state index contributed by atoms with van der Waals surface area (Å²) in [6, 6.07) is -0.00350. The summed E-state index contributed by atoms with van der Waals surface area (Å²) in [7, 11) is 1.77. The van der Waals surface area contributed by atoms with Gasteiger partial charge in [0.25, 0.3) is 0 Å². The molecule has 1 aliphatic heterocycles. The van der Waals surface area contributed by atoms with Gasteiger partial charge in [0.1, 0.15) is 0 Å². The molecule has 116 valence electrons. The second-order valence-corrected chi connectivity index (χ2v) is 6.58. The van der Waals surface area contributed by atoms with Gasteiger partial charge in [-0.15, -0.1) is 0 Å². The summed E-state index contributed by atoms with van der Waals surface area (Å²) in [6.45, 7) is 8.56. The Labute approximate surface area is 120 Å². The van der Waals surface area contributed by atoms with Crippen LogP contribution in [0.5, 0.6) is 0 Å². The van der Waals surface area contributed by atoms with Gasteiger partial charge in [-0.3, -0.25) is 4.79 Å². The van der Waals surface area contributed by atoms with E-state index in [0.717, 1.165) is 25.9 Å². The quantitative estimate of drug-likeness (QED) is 0.726. The molecule has 20 heavy (non-hydrogen) atoms. The average Bonchev–Trinajstić information content (AvgIpc) is 2.37. The predicted molar refractivity (Wildman–Crippen MR) is 77.7 cm³/mol. The smallest absolute Gasteiger partial charge is 0.317 e. The summed E-state index contributed by atoms with van der Waals surface area (Å²) < 4.78 is 0. The molecule has 1 saturated heterocycles. The van der Waals surface area contributed by atoms with E-state index in [-0.39, 0.29) is 12.1 Å². The van der Waals surface area contributed by atoms with E-state index in [1.165, 1.54) is 0 Å². The molecule has 0 aromatic carbocycles. The third kappa shape index (κ3) is 3.42. The highest BCUT2D eigenvalue weighted by molar-refractivity contribution is 5.79. The van der Waals surface area contributed by atoms with Gasteiger partial charge in [0.2, 0.25) is 0 Å². The molecule has 0 saturated carbocycles. The first kappa shape index (κ1) is 16.8. The minimum absolute atomic E-state index is 0.208. The minimum atomic E-state index is -1.04. The molecule has 0 unspecified atom stereocenters. The lowest BCUT2D eigenvalue weighted by molar-refractivity contribution is -0.150. The Bertz CT molecular complexity index is 374. The van der Waals surface area contributed by atoms with Crippen molar-refractivity contribution < 1.29 is 14.7 Å². The van der Waals surface area contributed by atoms with Crippen molar-refractivity contribution in [1.29, 1.82) is 0 Å². The van der Waals surface area contributed by atoms with E-state index in [1.54, 1.807) is 39.6 Å². The highest BCUT2D eigenvalue weighted by Gasteiger charge is 2.45. The molecule has 3 N–H and O–H groups in total. The maximum Gasteiger partial charge on any atom is 0.317 e. The summed E-state index contributed by atoms with van der Waals surface area (Å²) in [5.41, 5.74) is -1.88. The molecule has 1 fully saturated rings. The van der Waals surface area contributed by atoms with E-state index >= 15 is 0 Å². The lowest BCUT2D eigenvalue weighted by atomic mass is 9.74. The molecule has 0 aromatic heterocycles. The number of urea groups is 1. The van der Waals surface area contributed by atoms with Gasteiger partial charge in [-0.1, -0.05) is 0 Å². The Kier molecular flexibility index (Phi) is 5.02. The number of nitrogens with zero attached hydrogens (tertiary/aromatic N) is 1. The van der Waals surface area contributed by atoms with Crippen molar-refractivity contribution >= 4 is 12.0 Å². The standard InChI is InChI=1S/C14H27N3O3/c1-13(2,11(18)19)14(3,4)16-12(20)17(5)10-6-8-15-9-7-10/h10,15H,6-9H2,1-5H3,(H,16,20)(H,18,19). The topological polar surface area (TPSA) is 81.7 Å². The summed E-state index contributed by atoms with van der Waals surface area (Å²) in [4.78, 5) is 25.4. The summed E-state index contributed by atoms with van der Waals surface area (Å²) in [5.74, 6) is -0.924. The molecule has 1 rings (SSSR count). The Hall–Kier alpha value is -1.30. The first-order valence-corrected chi connectivity index (χ1v) is 7.08. The van der Waals surface area contributed by atoms with Crippen LogP contribution in [0.25, 0.3) is 0 Å². The second kappa shape index (κ2) is 5.99. The van der Waals surface area contributed by atoms with Crippen molar-refractivity contribution in [3.05, 3.63) is 0 Å². The number of hydrogen-bond donors (Lipinski definition) is 3. The van der Waals surface area contributed by atoms with Crippen molar-refractivity contribution in [3.8, 4) is 0 Å². The molecule has 1 heterocycles. The Morgan fingerprint density at radius 3 is 2.15 bits per heavy atom. The van der Waals surface area contributed by atoms with Gasteiger partial charge in [0, 0.05) is 13.1 Å². The lowest BCUT2D eigenvalue weighted by Crippen LogP contribution is -2.60. The molecular weight excluding hydrogens is 258 g/mol. The summed E-state index contributed by atoms with van der Waals surface area (Å²) >= 11 is 0. The van der Waals surface area contributed by atoms with Crippen LogP contribution in [-0.2, 0) is 4.79 Å². The molecule has 0 aromatic rings. The molecule has 0 aliphatic carbocycles. The normalized spacial score (nSPS) is 17.6.